The molecule has 0 saturated carbocycles. The van der Waals surface area contributed by atoms with Crippen molar-refractivity contribution in [3.8, 4) is 171 Å². The number of benzene rings is 14. The Bertz CT molecular complexity index is 6280. The minimum atomic E-state index is 0.330. The number of hydrogen-bond donors (Lipinski definition) is 0. The summed E-state index contributed by atoms with van der Waals surface area (Å²) in [5, 5.41) is 26.8. The molecule has 0 atom stereocenters. The zero-order valence-electron chi connectivity index (χ0n) is 61.6. The number of rotatable bonds is 15. The van der Waals surface area contributed by atoms with Gasteiger partial charge in [-0.15, -0.1) is 0 Å². The van der Waals surface area contributed by atoms with Crippen molar-refractivity contribution in [1.82, 2.24) is 68.9 Å². The normalized spacial score (nSPS) is 11.3. The molecule has 536 valence electrons. The smallest absolute Gasteiger partial charge is 0.164 e. The molecule has 20 rings (SSSR count). The number of fused-ring (bicyclic) bond motifs is 6. The van der Waals surface area contributed by atoms with E-state index < -0.39 is 0 Å². The van der Waals surface area contributed by atoms with E-state index in [1.54, 1.807) is 0 Å². The minimum Gasteiger partial charge on any atom is -0.308 e. The van der Waals surface area contributed by atoms with Gasteiger partial charge in [-0.3, -0.25) is 0 Å². The van der Waals surface area contributed by atoms with Gasteiger partial charge in [0, 0.05) is 93.9 Å². The Balaban J connectivity index is 0.910. The molecule has 0 N–H and O–H groups in total. The lowest BCUT2D eigenvalue weighted by molar-refractivity contribution is 1.07. The van der Waals surface area contributed by atoms with Crippen LogP contribution in [-0.4, -0.2) is 68.9 Å². The van der Waals surface area contributed by atoms with Gasteiger partial charge in [-0.2, -0.15) is 10.5 Å². The number of hydrogen-bond acceptors (Lipinski definition) is 14. The average Bonchev–Trinajstić information content (AvgIpc) is 1.57. The van der Waals surface area contributed by atoms with Crippen molar-refractivity contribution in [2.45, 2.75) is 6.92 Å². The quantitative estimate of drug-likeness (QED) is 0.0934. The standard InChI is InChI=1S/C99H60N16/c1-61-50-62(59-100)52-76(51-61)87-85(114-81-55-72(96-106-88(64-26-10-2-11-27-64)102-89(107-96)65-28-12-3-13-29-65)42-46-77(81)78-47-43-73(56-82(78)114)97-108-90(66-30-14-4-15-31-66)103-91(109-97)67-32-16-5-17-33-67)53-63(60-101)54-86(87)115-83-57-74(98-110-92(68-34-18-6-19-35-68)104-93(111-98)69-36-20-7-21-37-69)44-48-79(83)80-49-45-75(58-84(80)115)99-112-94(70-38-22-8-23-39-70)105-95(113-99)71-40-24-9-25-41-71/h2-58H,1H3. The van der Waals surface area contributed by atoms with E-state index in [4.69, 9.17) is 59.8 Å². The van der Waals surface area contributed by atoms with Crippen LogP contribution in [0.1, 0.15) is 16.7 Å². The molecular formula is C99H60N16. The topological polar surface area (TPSA) is 212 Å². The molecule has 0 spiro atoms. The first-order valence-electron chi connectivity index (χ1n) is 37.5. The largest absolute Gasteiger partial charge is 0.308 e. The van der Waals surface area contributed by atoms with E-state index in [-0.39, 0.29) is 0 Å². The lowest BCUT2D eigenvalue weighted by Gasteiger charge is -2.22. The third kappa shape index (κ3) is 12.9. The fourth-order valence-corrected chi connectivity index (χ4v) is 15.2. The summed E-state index contributed by atoms with van der Waals surface area (Å²) < 4.78 is 4.46. The Morgan fingerprint density at radius 2 is 0.400 bits per heavy atom. The second kappa shape index (κ2) is 28.9. The van der Waals surface area contributed by atoms with E-state index in [9.17, 15) is 10.5 Å². The molecule has 16 nitrogen and oxygen atoms in total. The van der Waals surface area contributed by atoms with Crippen LogP contribution in [0, 0.1) is 29.6 Å². The molecule has 115 heavy (non-hydrogen) atoms. The van der Waals surface area contributed by atoms with Crippen molar-refractivity contribution < 1.29 is 0 Å². The zero-order valence-corrected chi connectivity index (χ0v) is 61.6. The first-order valence-corrected chi connectivity index (χ1v) is 37.5. The highest BCUT2D eigenvalue weighted by Gasteiger charge is 2.28. The summed E-state index contributed by atoms with van der Waals surface area (Å²) in [5.41, 5.74) is 16.5. The fourth-order valence-electron chi connectivity index (χ4n) is 15.2. The molecule has 0 bridgehead atoms. The van der Waals surface area contributed by atoms with Crippen LogP contribution in [0.5, 0.6) is 0 Å². The van der Waals surface area contributed by atoms with E-state index in [0.717, 1.165) is 93.7 Å². The highest BCUT2D eigenvalue weighted by atomic mass is 15.1. The van der Waals surface area contributed by atoms with Crippen LogP contribution in [0.2, 0.25) is 0 Å². The Morgan fingerprint density at radius 1 is 0.200 bits per heavy atom. The summed E-state index contributed by atoms with van der Waals surface area (Å²) in [5.74, 6) is 5.78. The minimum absolute atomic E-state index is 0.330. The maximum Gasteiger partial charge on any atom is 0.164 e. The lowest BCUT2D eigenvalue weighted by Crippen LogP contribution is -2.06. The number of aromatic nitrogens is 14. The van der Waals surface area contributed by atoms with Crippen molar-refractivity contribution in [3.63, 3.8) is 0 Å². The van der Waals surface area contributed by atoms with Gasteiger partial charge in [0.1, 0.15) is 0 Å². The molecular weight excluding hydrogens is 1410 g/mol. The molecule has 0 saturated heterocycles. The van der Waals surface area contributed by atoms with Crippen molar-refractivity contribution >= 4 is 43.6 Å². The fraction of sp³-hybridized carbons (Fsp3) is 0.0101. The summed E-state index contributed by atoms with van der Waals surface area (Å²) in [4.78, 5) is 62.8. The molecule has 6 aromatic heterocycles. The Hall–Kier alpha value is -16.3. The van der Waals surface area contributed by atoms with Crippen LogP contribution in [0.15, 0.2) is 346 Å². The summed E-state index contributed by atoms with van der Waals surface area (Å²) in [6.07, 6.45) is 0. The van der Waals surface area contributed by atoms with Crippen molar-refractivity contribution in [2.24, 2.45) is 0 Å². The molecule has 14 aromatic carbocycles. The second-order valence-corrected chi connectivity index (χ2v) is 28.0. The molecule has 0 aliphatic rings. The van der Waals surface area contributed by atoms with Gasteiger partial charge in [-0.05, 0) is 66.6 Å². The van der Waals surface area contributed by atoms with Crippen LogP contribution >= 0.6 is 0 Å². The van der Waals surface area contributed by atoms with E-state index in [0.29, 0.717) is 126 Å². The van der Waals surface area contributed by atoms with Crippen LogP contribution in [0.3, 0.4) is 0 Å². The third-order valence-corrected chi connectivity index (χ3v) is 20.6. The third-order valence-electron chi connectivity index (χ3n) is 20.6. The Morgan fingerprint density at radius 3 is 0.609 bits per heavy atom. The van der Waals surface area contributed by atoms with Crippen LogP contribution in [-0.2, 0) is 0 Å². The van der Waals surface area contributed by atoms with Gasteiger partial charge >= 0.3 is 0 Å². The number of nitriles is 2. The summed E-state index contributed by atoms with van der Waals surface area (Å²) in [6, 6.07) is 120. The average molecular weight is 1470 g/mol. The first-order chi connectivity index (χ1) is 56.8. The Labute approximate surface area is 659 Å². The van der Waals surface area contributed by atoms with E-state index in [2.05, 4.69) is 100 Å². The van der Waals surface area contributed by atoms with Gasteiger partial charge in [0.2, 0.25) is 0 Å². The van der Waals surface area contributed by atoms with Gasteiger partial charge in [0.05, 0.1) is 56.7 Å². The molecule has 0 amide bonds. The summed E-state index contributed by atoms with van der Waals surface area (Å²) in [6.45, 7) is 2.00. The van der Waals surface area contributed by atoms with E-state index in [1.165, 1.54) is 0 Å². The maximum absolute atomic E-state index is 12.1. The van der Waals surface area contributed by atoms with Gasteiger partial charge in [-0.1, -0.05) is 297 Å². The van der Waals surface area contributed by atoms with Crippen LogP contribution in [0.25, 0.3) is 203 Å². The highest BCUT2D eigenvalue weighted by molar-refractivity contribution is 6.14. The molecule has 0 radical (unpaired) electrons. The first kappa shape index (κ1) is 68.0. The SMILES string of the molecule is Cc1cc(C#N)cc(-c2c(-n3c4cc(-c5nc(-c6ccccc6)nc(-c6ccccc6)n5)ccc4c4ccc(-c5nc(-c6ccccc6)nc(-c6ccccc6)n5)cc43)cc(C#N)cc2-n2c3cc(-c4nc(-c5ccccc5)nc(-c5ccccc5)n4)ccc3c3ccc(-c4nc(-c5ccccc5)nc(-c5ccccc5)n4)cc32)c1. The van der Waals surface area contributed by atoms with Gasteiger partial charge < -0.3 is 9.13 Å². The summed E-state index contributed by atoms with van der Waals surface area (Å²) >= 11 is 0. The predicted molar refractivity (Wildman–Crippen MR) is 453 cm³/mol. The zero-order chi connectivity index (χ0) is 76.9. The van der Waals surface area contributed by atoms with Crippen molar-refractivity contribution in [1.29, 1.82) is 10.5 Å². The molecule has 16 heteroatoms. The van der Waals surface area contributed by atoms with E-state index in [1.807, 2.05) is 274 Å². The molecule has 0 aliphatic heterocycles. The van der Waals surface area contributed by atoms with Crippen LogP contribution in [0.4, 0.5) is 0 Å². The Kier molecular flexibility index (Phi) is 17.1. The summed E-state index contributed by atoms with van der Waals surface area (Å²) in [7, 11) is 0. The van der Waals surface area contributed by atoms with Gasteiger partial charge in [0.15, 0.2) is 69.9 Å². The van der Waals surface area contributed by atoms with E-state index >= 15 is 0 Å². The molecule has 0 fully saturated rings. The molecule has 20 aromatic rings. The lowest BCUT2D eigenvalue weighted by atomic mass is 9.95. The van der Waals surface area contributed by atoms with Crippen molar-refractivity contribution in [2.75, 3.05) is 0 Å². The predicted octanol–water partition coefficient (Wildman–Crippen LogP) is 22.3. The molecule has 0 unspecified atom stereocenters. The molecule has 6 heterocycles. The second-order valence-electron chi connectivity index (χ2n) is 28.0. The van der Waals surface area contributed by atoms with Gasteiger partial charge in [-0.25, -0.2) is 59.8 Å². The maximum atomic E-state index is 12.1. The molecule has 0 aliphatic carbocycles. The monoisotopic (exact) mass is 1470 g/mol. The number of nitrogens with zero attached hydrogens (tertiary/aromatic N) is 16. The van der Waals surface area contributed by atoms with Crippen molar-refractivity contribution in [3.05, 3.63) is 362 Å². The number of aryl methyl sites for hydroxylation is 1. The highest BCUT2D eigenvalue weighted by Crippen LogP contribution is 2.47. The van der Waals surface area contributed by atoms with Gasteiger partial charge in [0.25, 0.3) is 0 Å². The van der Waals surface area contributed by atoms with Crippen LogP contribution < -0.4 is 0 Å².